The van der Waals surface area contributed by atoms with E-state index in [9.17, 15) is 4.79 Å². The lowest BCUT2D eigenvalue weighted by atomic mass is 10.2. The predicted molar refractivity (Wildman–Crippen MR) is 103 cm³/mol. The molecule has 2 fully saturated rings. The first-order valence-corrected chi connectivity index (χ1v) is 10.3. The van der Waals surface area contributed by atoms with Gasteiger partial charge in [0.15, 0.2) is 5.76 Å². The van der Waals surface area contributed by atoms with Gasteiger partial charge in [0.05, 0.1) is 6.26 Å². The summed E-state index contributed by atoms with van der Waals surface area (Å²) >= 11 is 1.73. The Morgan fingerprint density at radius 1 is 1.15 bits per heavy atom. The number of hydrogen-bond acceptors (Lipinski definition) is 5. The Morgan fingerprint density at radius 2 is 1.96 bits per heavy atom. The van der Waals surface area contributed by atoms with E-state index in [2.05, 4.69) is 22.3 Å². The van der Waals surface area contributed by atoms with Gasteiger partial charge in [-0.2, -0.15) is 0 Å². The molecule has 1 atom stereocenters. The molecule has 3 heterocycles. The van der Waals surface area contributed by atoms with Crippen molar-refractivity contribution in [3.63, 3.8) is 0 Å². The minimum Gasteiger partial charge on any atom is -0.459 e. The summed E-state index contributed by atoms with van der Waals surface area (Å²) in [5, 5.41) is 3.39. The molecule has 1 aromatic carbocycles. The van der Waals surface area contributed by atoms with E-state index < -0.39 is 0 Å². The van der Waals surface area contributed by atoms with E-state index in [0.717, 1.165) is 57.0 Å². The zero-order valence-corrected chi connectivity index (χ0v) is 15.7. The highest BCUT2D eigenvalue weighted by atomic mass is 32.2. The van der Waals surface area contributed by atoms with Crippen LogP contribution in [0.1, 0.15) is 22.5 Å². The van der Waals surface area contributed by atoms with Crippen molar-refractivity contribution in [1.82, 2.24) is 15.1 Å². The van der Waals surface area contributed by atoms with Crippen molar-refractivity contribution in [2.24, 2.45) is 0 Å². The molecule has 1 amide bonds. The number of furan rings is 1. The molecule has 5 nitrogen and oxygen atoms in total. The van der Waals surface area contributed by atoms with Gasteiger partial charge in [0.1, 0.15) is 0 Å². The van der Waals surface area contributed by atoms with Gasteiger partial charge in [-0.25, -0.2) is 0 Å². The molecular weight excluding hydrogens is 346 g/mol. The van der Waals surface area contributed by atoms with Gasteiger partial charge in [0, 0.05) is 61.5 Å². The Hall–Kier alpha value is -1.76. The lowest BCUT2D eigenvalue weighted by molar-refractivity contribution is 0.0741. The monoisotopic (exact) mass is 371 g/mol. The Morgan fingerprint density at radius 3 is 2.77 bits per heavy atom. The van der Waals surface area contributed by atoms with Gasteiger partial charge >= 0.3 is 0 Å². The number of benzene rings is 1. The third-order valence-corrected chi connectivity index (χ3v) is 6.26. The number of carbonyl (C=O) groups is 1. The molecule has 1 aromatic heterocycles. The molecular formula is C20H25N3O2S. The molecule has 2 aliphatic heterocycles. The molecule has 2 aromatic rings. The number of rotatable bonds is 5. The minimum atomic E-state index is 0.0382. The van der Waals surface area contributed by atoms with E-state index >= 15 is 0 Å². The van der Waals surface area contributed by atoms with Crippen LogP contribution in [-0.4, -0.2) is 61.0 Å². The second kappa shape index (κ2) is 8.29. The highest BCUT2D eigenvalue weighted by Gasteiger charge is 2.33. The number of nitrogens with one attached hydrogen (secondary N) is 1. The smallest absolute Gasteiger partial charge is 0.289 e. The SMILES string of the molecule is O=C(c1occc1CSc1ccccc1)N1CCC(N2CCNCC2)C1. The van der Waals surface area contributed by atoms with E-state index in [1.807, 2.05) is 29.2 Å². The fourth-order valence-corrected chi connectivity index (χ4v) is 4.63. The normalized spacial score (nSPS) is 21.2. The van der Waals surface area contributed by atoms with Crippen molar-refractivity contribution in [1.29, 1.82) is 0 Å². The van der Waals surface area contributed by atoms with E-state index in [4.69, 9.17) is 4.42 Å². The molecule has 1 N–H and O–H groups in total. The predicted octanol–water partition coefficient (Wildman–Crippen LogP) is 2.69. The molecule has 0 radical (unpaired) electrons. The van der Waals surface area contributed by atoms with Crippen LogP contribution in [0.3, 0.4) is 0 Å². The molecule has 1 unspecified atom stereocenters. The van der Waals surface area contributed by atoms with Gasteiger partial charge in [0.2, 0.25) is 0 Å². The lowest BCUT2D eigenvalue weighted by Crippen LogP contribution is -2.49. The highest BCUT2D eigenvalue weighted by molar-refractivity contribution is 7.98. The number of likely N-dealkylation sites (tertiary alicyclic amines) is 1. The quantitative estimate of drug-likeness (QED) is 0.819. The van der Waals surface area contributed by atoms with Crippen molar-refractivity contribution >= 4 is 17.7 Å². The summed E-state index contributed by atoms with van der Waals surface area (Å²) in [6.45, 7) is 5.87. The first kappa shape index (κ1) is 17.6. The van der Waals surface area contributed by atoms with Gasteiger partial charge in [-0.05, 0) is 24.6 Å². The van der Waals surface area contributed by atoms with Crippen LogP contribution >= 0.6 is 11.8 Å². The summed E-state index contributed by atoms with van der Waals surface area (Å²) < 4.78 is 5.58. The van der Waals surface area contributed by atoms with Crippen LogP contribution in [0.4, 0.5) is 0 Å². The molecule has 26 heavy (non-hydrogen) atoms. The van der Waals surface area contributed by atoms with Gasteiger partial charge in [-0.15, -0.1) is 11.8 Å². The van der Waals surface area contributed by atoms with Crippen molar-refractivity contribution in [3.8, 4) is 0 Å². The Labute approximate surface area is 158 Å². The first-order chi connectivity index (χ1) is 12.8. The lowest BCUT2D eigenvalue weighted by Gasteiger charge is -2.32. The number of nitrogens with zero attached hydrogens (tertiary/aromatic N) is 2. The number of carbonyl (C=O) groups excluding carboxylic acids is 1. The maximum Gasteiger partial charge on any atom is 0.289 e. The molecule has 2 saturated heterocycles. The maximum absolute atomic E-state index is 13.0. The van der Waals surface area contributed by atoms with Gasteiger partial charge in [0.25, 0.3) is 5.91 Å². The van der Waals surface area contributed by atoms with Crippen LogP contribution in [0.15, 0.2) is 52.0 Å². The number of amides is 1. The first-order valence-electron chi connectivity index (χ1n) is 9.29. The molecule has 4 rings (SSSR count). The molecule has 0 saturated carbocycles. The Balaban J connectivity index is 1.37. The maximum atomic E-state index is 13.0. The van der Waals surface area contributed by atoms with Crippen LogP contribution in [0, 0.1) is 0 Å². The number of piperazine rings is 1. The molecule has 2 aliphatic rings. The third kappa shape index (κ3) is 3.98. The Kier molecular flexibility index (Phi) is 5.62. The average molecular weight is 372 g/mol. The molecule has 138 valence electrons. The fourth-order valence-electron chi connectivity index (χ4n) is 3.73. The van der Waals surface area contributed by atoms with Crippen LogP contribution in [0.5, 0.6) is 0 Å². The zero-order chi connectivity index (χ0) is 17.8. The van der Waals surface area contributed by atoms with Crippen molar-refractivity contribution < 1.29 is 9.21 Å². The molecule has 0 spiro atoms. The highest BCUT2D eigenvalue weighted by Crippen LogP contribution is 2.27. The fraction of sp³-hybridized carbons (Fsp3) is 0.450. The van der Waals surface area contributed by atoms with Crippen LogP contribution < -0.4 is 5.32 Å². The number of hydrogen-bond donors (Lipinski definition) is 1. The summed E-state index contributed by atoms with van der Waals surface area (Å²) in [6, 6.07) is 12.7. The second-order valence-corrected chi connectivity index (χ2v) is 7.91. The average Bonchev–Trinajstić information content (AvgIpc) is 3.37. The largest absolute Gasteiger partial charge is 0.459 e. The second-order valence-electron chi connectivity index (χ2n) is 6.86. The van der Waals surface area contributed by atoms with Gasteiger partial charge < -0.3 is 14.6 Å². The van der Waals surface area contributed by atoms with Crippen molar-refractivity contribution in [2.45, 2.75) is 23.1 Å². The Bertz CT molecular complexity index is 728. The van der Waals surface area contributed by atoms with Crippen LogP contribution in [-0.2, 0) is 5.75 Å². The summed E-state index contributed by atoms with van der Waals surface area (Å²) in [5.74, 6) is 1.29. The van der Waals surface area contributed by atoms with Crippen molar-refractivity contribution in [2.75, 3.05) is 39.3 Å². The summed E-state index contributed by atoms with van der Waals surface area (Å²) in [6.07, 6.45) is 2.69. The van der Waals surface area contributed by atoms with Crippen molar-refractivity contribution in [3.05, 3.63) is 54.0 Å². The number of thioether (sulfide) groups is 1. The van der Waals surface area contributed by atoms with Gasteiger partial charge in [-0.1, -0.05) is 18.2 Å². The van der Waals surface area contributed by atoms with E-state index in [-0.39, 0.29) is 5.91 Å². The molecule has 0 bridgehead atoms. The summed E-state index contributed by atoms with van der Waals surface area (Å²) in [7, 11) is 0. The topological polar surface area (TPSA) is 48.7 Å². The summed E-state index contributed by atoms with van der Waals surface area (Å²) in [4.78, 5) is 18.6. The molecule has 6 heteroatoms. The standard InChI is InChI=1S/C20H25N3O2S/c24-20(23-10-6-17(14-23)22-11-8-21-9-12-22)19-16(7-13-25-19)15-26-18-4-2-1-3-5-18/h1-5,7,13,17,21H,6,8-12,14-15H2. The third-order valence-electron chi connectivity index (χ3n) is 5.20. The van der Waals surface area contributed by atoms with E-state index in [1.54, 1.807) is 18.0 Å². The zero-order valence-electron chi connectivity index (χ0n) is 14.9. The van der Waals surface area contributed by atoms with Crippen LogP contribution in [0.2, 0.25) is 0 Å². The van der Waals surface area contributed by atoms with E-state index in [0.29, 0.717) is 11.8 Å². The summed E-state index contributed by atoms with van der Waals surface area (Å²) in [5.41, 5.74) is 0.981. The molecule has 0 aliphatic carbocycles. The van der Waals surface area contributed by atoms with Gasteiger partial charge in [-0.3, -0.25) is 9.69 Å². The van der Waals surface area contributed by atoms with Crippen LogP contribution in [0.25, 0.3) is 0 Å². The van der Waals surface area contributed by atoms with E-state index in [1.165, 1.54) is 4.90 Å². The minimum absolute atomic E-state index is 0.0382.